The van der Waals surface area contributed by atoms with Crippen LogP contribution in [0.4, 0.5) is 11.6 Å². The van der Waals surface area contributed by atoms with Crippen molar-refractivity contribution in [2.45, 2.75) is 19.3 Å². The van der Waals surface area contributed by atoms with Crippen LogP contribution in [-0.4, -0.2) is 33.9 Å². The zero-order valence-corrected chi connectivity index (χ0v) is 11.7. The first-order chi connectivity index (χ1) is 10.3. The third-order valence-corrected chi connectivity index (χ3v) is 3.46. The Morgan fingerprint density at radius 1 is 1.10 bits per heavy atom. The van der Waals surface area contributed by atoms with Gasteiger partial charge in [0.15, 0.2) is 0 Å². The molecule has 0 aliphatic carbocycles. The largest absolute Gasteiger partial charge is 0.341 e. The summed E-state index contributed by atoms with van der Waals surface area (Å²) < 4.78 is 0. The van der Waals surface area contributed by atoms with E-state index in [0.29, 0.717) is 11.3 Å². The summed E-state index contributed by atoms with van der Waals surface area (Å²) in [6.07, 6.45) is 10.1. The Kier molecular flexibility index (Phi) is 4.04. The summed E-state index contributed by atoms with van der Waals surface area (Å²) in [7, 11) is 0. The Labute approximate surface area is 123 Å². The van der Waals surface area contributed by atoms with Gasteiger partial charge in [0.1, 0.15) is 0 Å². The zero-order valence-electron chi connectivity index (χ0n) is 11.7. The van der Waals surface area contributed by atoms with Gasteiger partial charge in [-0.25, -0.2) is 9.97 Å². The SMILES string of the molecule is O=C(Nc1cnc(N2CCCCC2)nc1)c1cccnc1. The van der Waals surface area contributed by atoms with E-state index in [1.54, 1.807) is 30.7 Å². The fourth-order valence-electron chi connectivity index (χ4n) is 2.34. The van der Waals surface area contributed by atoms with Crippen molar-refractivity contribution < 1.29 is 4.79 Å². The molecule has 1 aliphatic rings. The van der Waals surface area contributed by atoms with E-state index >= 15 is 0 Å². The number of hydrogen-bond acceptors (Lipinski definition) is 5. The van der Waals surface area contributed by atoms with Crippen LogP contribution in [0.25, 0.3) is 0 Å². The van der Waals surface area contributed by atoms with Gasteiger partial charge in [-0.05, 0) is 31.4 Å². The van der Waals surface area contributed by atoms with Gasteiger partial charge in [-0.15, -0.1) is 0 Å². The summed E-state index contributed by atoms with van der Waals surface area (Å²) in [6, 6.07) is 3.44. The predicted molar refractivity (Wildman–Crippen MR) is 80.3 cm³/mol. The average Bonchev–Trinajstić information content (AvgIpc) is 2.57. The first-order valence-corrected chi connectivity index (χ1v) is 7.11. The summed E-state index contributed by atoms with van der Waals surface area (Å²) in [5.41, 5.74) is 1.10. The number of aromatic nitrogens is 3. The maximum atomic E-state index is 12.0. The van der Waals surface area contributed by atoms with Gasteiger partial charge >= 0.3 is 0 Å². The number of piperidine rings is 1. The smallest absolute Gasteiger partial charge is 0.257 e. The maximum absolute atomic E-state index is 12.0. The molecule has 0 radical (unpaired) electrons. The lowest BCUT2D eigenvalue weighted by Gasteiger charge is -2.26. The molecule has 3 heterocycles. The number of carbonyl (C=O) groups is 1. The Morgan fingerprint density at radius 3 is 2.52 bits per heavy atom. The van der Waals surface area contributed by atoms with Crippen molar-refractivity contribution in [3.05, 3.63) is 42.5 Å². The highest BCUT2D eigenvalue weighted by Crippen LogP contribution is 2.16. The number of carbonyl (C=O) groups excluding carboxylic acids is 1. The first-order valence-electron chi connectivity index (χ1n) is 7.11. The van der Waals surface area contributed by atoms with Crippen LogP contribution >= 0.6 is 0 Å². The average molecular weight is 283 g/mol. The molecule has 2 aromatic rings. The standard InChI is InChI=1S/C15H17N5O/c21-14(12-5-4-6-16-9-12)19-13-10-17-15(18-11-13)20-7-2-1-3-8-20/h4-6,9-11H,1-3,7-8H2,(H,19,21). The van der Waals surface area contributed by atoms with E-state index in [0.717, 1.165) is 19.0 Å². The van der Waals surface area contributed by atoms with Crippen molar-refractivity contribution in [2.24, 2.45) is 0 Å². The molecule has 0 saturated carbocycles. The molecule has 0 aromatic carbocycles. The molecule has 2 aromatic heterocycles. The third-order valence-electron chi connectivity index (χ3n) is 3.46. The number of hydrogen-bond donors (Lipinski definition) is 1. The number of rotatable bonds is 3. The lowest BCUT2D eigenvalue weighted by Crippen LogP contribution is -2.30. The van der Waals surface area contributed by atoms with E-state index in [4.69, 9.17) is 0 Å². The summed E-state index contributed by atoms with van der Waals surface area (Å²) in [5, 5.41) is 2.77. The molecule has 0 spiro atoms. The van der Waals surface area contributed by atoms with Crippen LogP contribution in [0.5, 0.6) is 0 Å². The van der Waals surface area contributed by atoms with E-state index < -0.39 is 0 Å². The molecule has 0 unspecified atom stereocenters. The number of anilines is 2. The third kappa shape index (κ3) is 3.34. The molecule has 108 valence electrons. The van der Waals surface area contributed by atoms with Crippen molar-refractivity contribution in [3.63, 3.8) is 0 Å². The van der Waals surface area contributed by atoms with E-state index in [9.17, 15) is 4.79 Å². The van der Waals surface area contributed by atoms with Crippen molar-refractivity contribution >= 4 is 17.5 Å². The number of nitrogens with zero attached hydrogens (tertiary/aromatic N) is 4. The quantitative estimate of drug-likeness (QED) is 0.934. The second kappa shape index (κ2) is 6.30. The van der Waals surface area contributed by atoms with Gasteiger partial charge in [0.25, 0.3) is 5.91 Å². The van der Waals surface area contributed by atoms with Crippen molar-refractivity contribution in [1.29, 1.82) is 0 Å². The van der Waals surface area contributed by atoms with Gasteiger partial charge < -0.3 is 10.2 Å². The van der Waals surface area contributed by atoms with Crippen LogP contribution in [-0.2, 0) is 0 Å². The molecule has 0 atom stereocenters. The highest BCUT2D eigenvalue weighted by atomic mass is 16.1. The van der Waals surface area contributed by atoms with Crippen molar-refractivity contribution in [1.82, 2.24) is 15.0 Å². The van der Waals surface area contributed by atoms with Crippen LogP contribution in [0.15, 0.2) is 36.9 Å². The van der Waals surface area contributed by atoms with Crippen LogP contribution in [0.2, 0.25) is 0 Å². The topological polar surface area (TPSA) is 71.0 Å². The number of amides is 1. The van der Waals surface area contributed by atoms with Crippen molar-refractivity contribution in [3.8, 4) is 0 Å². The van der Waals surface area contributed by atoms with E-state index in [2.05, 4.69) is 25.2 Å². The van der Waals surface area contributed by atoms with Crippen LogP contribution in [0.3, 0.4) is 0 Å². The maximum Gasteiger partial charge on any atom is 0.257 e. The number of pyridine rings is 1. The second-order valence-electron chi connectivity index (χ2n) is 5.02. The summed E-state index contributed by atoms with van der Waals surface area (Å²) in [6.45, 7) is 2.00. The van der Waals surface area contributed by atoms with Gasteiger partial charge in [0.2, 0.25) is 5.95 Å². The fourth-order valence-corrected chi connectivity index (χ4v) is 2.34. The molecule has 3 rings (SSSR count). The zero-order chi connectivity index (χ0) is 14.5. The minimum absolute atomic E-state index is 0.211. The Morgan fingerprint density at radius 2 is 1.86 bits per heavy atom. The van der Waals surface area contributed by atoms with Gasteiger partial charge in [-0.1, -0.05) is 0 Å². The van der Waals surface area contributed by atoms with Gasteiger partial charge in [-0.3, -0.25) is 9.78 Å². The predicted octanol–water partition coefficient (Wildman–Crippen LogP) is 2.11. The minimum atomic E-state index is -0.211. The summed E-state index contributed by atoms with van der Waals surface area (Å²) in [5.74, 6) is 0.520. The normalized spacial score (nSPS) is 14.8. The monoisotopic (exact) mass is 283 g/mol. The molecule has 21 heavy (non-hydrogen) atoms. The molecule has 6 heteroatoms. The van der Waals surface area contributed by atoms with Crippen LogP contribution in [0, 0.1) is 0 Å². The Hall–Kier alpha value is -2.50. The Balaban J connectivity index is 1.65. The molecule has 1 aliphatic heterocycles. The molecule has 6 nitrogen and oxygen atoms in total. The molecular weight excluding hydrogens is 266 g/mol. The fraction of sp³-hybridized carbons (Fsp3) is 0.333. The lowest BCUT2D eigenvalue weighted by atomic mass is 10.1. The van der Waals surface area contributed by atoms with Crippen LogP contribution in [0.1, 0.15) is 29.6 Å². The molecule has 0 bridgehead atoms. The summed E-state index contributed by atoms with van der Waals surface area (Å²) in [4.78, 5) is 26.8. The minimum Gasteiger partial charge on any atom is -0.341 e. The van der Waals surface area contributed by atoms with Crippen LogP contribution < -0.4 is 10.2 Å². The summed E-state index contributed by atoms with van der Waals surface area (Å²) >= 11 is 0. The van der Waals surface area contributed by atoms with E-state index in [1.165, 1.54) is 25.5 Å². The molecule has 1 amide bonds. The van der Waals surface area contributed by atoms with Gasteiger partial charge in [-0.2, -0.15) is 0 Å². The molecule has 1 saturated heterocycles. The van der Waals surface area contributed by atoms with Crippen molar-refractivity contribution in [2.75, 3.05) is 23.3 Å². The Bertz CT molecular complexity index is 593. The van der Waals surface area contributed by atoms with E-state index in [1.807, 2.05) is 0 Å². The lowest BCUT2D eigenvalue weighted by molar-refractivity contribution is 0.102. The molecule has 1 fully saturated rings. The highest BCUT2D eigenvalue weighted by molar-refractivity contribution is 6.03. The molecular formula is C15H17N5O. The number of nitrogens with one attached hydrogen (secondary N) is 1. The highest BCUT2D eigenvalue weighted by Gasteiger charge is 2.13. The first kappa shape index (κ1) is 13.5. The second-order valence-corrected chi connectivity index (χ2v) is 5.02. The molecule has 1 N–H and O–H groups in total. The van der Waals surface area contributed by atoms with Gasteiger partial charge in [0.05, 0.1) is 23.6 Å². The van der Waals surface area contributed by atoms with E-state index in [-0.39, 0.29) is 5.91 Å². The van der Waals surface area contributed by atoms with Gasteiger partial charge in [0, 0.05) is 25.5 Å².